The molecule has 1 atom stereocenters. The van der Waals surface area contributed by atoms with Crippen LogP contribution in [0.15, 0.2) is 24.3 Å². The lowest BCUT2D eigenvalue weighted by Crippen LogP contribution is -2.25. The van der Waals surface area contributed by atoms with E-state index >= 15 is 0 Å². The molecule has 0 aliphatic carbocycles. The first-order valence-corrected chi connectivity index (χ1v) is 7.43. The second kappa shape index (κ2) is 5.42. The van der Waals surface area contributed by atoms with Gasteiger partial charge < -0.3 is 4.74 Å². The van der Waals surface area contributed by atoms with Crippen molar-refractivity contribution in [3.8, 4) is 12.3 Å². The zero-order valence-corrected chi connectivity index (χ0v) is 10.7. The normalized spacial score (nSPS) is 19.4. The molecule has 0 amide bonds. The van der Waals surface area contributed by atoms with Crippen LogP contribution in [0.25, 0.3) is 0 Å². The van der Waals surface area contributed by atoms with Crippen LogP contribution < -0.4 is 4.72 Å². The standard InChI is InChI=1S/C13H15NO3S/c1-2-11-5-3-6-12(9-11)14-18(15,16)10-13-7-4-8-17-13/h1,3,5-6,9,13-14H,4,7-8,10H2. The van der Waals surface area contributed by atoms with Gasteiger partial charge in [-0.2, -0.15) is 0 Å². The molecule has 18 heavy (non-hydrogen) atoms. The number of rotatable bonds is 4. The summed E-state index contributed by atoms with van der Waals surface area (Å²) < 4.78 is 31.7. The highest BCUT2D eigenvalue weighted by atomic mass is 32.2. The van der Waals surface area contributed by atoms with Gasteiger partial charge in [0, 0.05) is 17.9 Å². The largest absolute Gasteiger partial charge is 0.377 e. The molecular weight excluding hydrogens is 250 g/mol. The van der Waals surface area contributed by atoms with Gasteiger partial charge in [0.2, 0.25) is 10.0 Å². The van der Waals surface area contributed by atoms with E-state index in [0.29, 0.717) is 17.9 Å². The second-order valence-corrected chi connectivity index (χ2v) is 6.01. The molecule has 1 aromatic carbocycles. The molecule has 1 unspecified atom stereocenters. The maximum atomic E-state index is 11.9. The summed E-state index contributed by atoms with van der Waals surface area (Å²) in [6, 6.07) is 6.78. The van der Waals surface area contributed by atoms with Crippen LogP contribution in [0.3, 0.4) is 0 Å². The second-order valence-electron chi connectivity index (χ2n) is 4.24. The first-order chi connectivity index (χ1) is 8.59. The molecule has 1 fully saturated rings. The lowest BCUT2D eigenvalue weighted by atomic mass is 10.2. The summed E-state index contributed by atoms with van der Waals surface area (Å²) in [5.41, 5.74) is 1.13. The van der Waals surface area contributed by atoms with E-state index in [2.05, 4.69) is 10.6 Å². The molecule has 1 aliphatic rings. The van der Waals surface area contributed by atoms with Crippen molar-refractivity contribution in [1.29, 1.82) is 0 Å². The number of nitrogens with one attached hydrogen (secondary N) is 1. The summed E-state index contributed by atoms with van der Waals surface area (Å²) >= 11 is 0. The number of terminal acetylenes is 1. The molecule has 1 N–H and O–H groups in total. The quantitative estimate of drug-likeness (QED) is 0.841. The number of sulfonamides is 1. The van der Waals surface area contributed by atoms with E-state index in [0.717, 1.165) is 12.8 Å². The maximum absolute atomic E-state index is 11.9. The van der Waals surface area contributed by atoms with Crippen molar-refractivity contribution in [2.24, 2.45) is 0 Å². The van der Waals surface area contributed by atoms with E-state index in [1.54, 1.807) is 24.3 Å². The zero-order valence-electron chi connectivity index (χ0n) is 9.93. The summed E-state index contributed by atoms with van der Waals surface area (Å²) in [5.74, 6) is 2.46. The number of anilines is 1. The van der Waals surface area contributed by atoms with E-state index < -0.39 is 10.0 Å². The molecule has 0 spiro atoms. The van der Waals surface area contributed by atoms with Gasteiger partial charge in [-0.25, -0.2) is 8.42 Å². The van der Waals surface area contributed by atoms with Crippen LogP contribution in [-0.2, 0) is 14.8 Å². The summed E-state index contributed by atoms with van der Waals surface area (Å²) in [5, 5.41) is 0. The Labute approximate surface area is 107 Å². The van der Waals surface area contributed by atoms with Crippen molar-refractivity contribution >= 4 is 15.7 Å². The molecule has 1 saturated heterocycles. The van der Waals surface area contributed by atoms with Crippen molar-refractivity contribution in [1.82, 2.24) is 0 Å². The van der Waals surface area contributed by atoms with Crippen molar-refractivity contribution in [2.45, 2.75) is 18.9 Å². The third-order valence-electron chi connectivity index (χ3n) is 2.73. The van der Waals surface area contributed by atoms with Crippen molar-refractivity contribution < 1.29 is 13.2 Å². The molecule has 2 rings (SSSR count). The Balaban J connectivity index is 2.04. The van der Waals surface area contributed by atoms with Gasteiger partial charge in [-0.15, -0.1) is 6.42 Å². The highest BCUT2D eigenvalue weighted by Gasteiger charge is 2.23. The monoisotopic (exact) mass is 265 g/mol. The van der Waals surface area contributed by atoms with Gasteiger partial charge in [0.1, 0.15) is 0 Å². The number of hydrogen-bond acceptors (Lipinski definition) is 3. The lowest BCUT2D eigenvalue weighted by Gasteiger charge is -2.12. The van der Waals surface area contributed by atoms with Crippen molar-refractivity contribution in [3.05, 3.63) is 29.8 Å². The zero-order chi connectivity index (χ0) is 13.0. The molecule has 0 aromatic heterocycles. The number of benzene rings is 1. The smallest absolute Gasteiger partial charge is 0.235 e. The SMILES string of the molecule is C#Cc1cccc(NS(=O)(=O)CC2CCCO2)c1. The third kappa shape index (κ3) is 3.49. The van der Waals surface area contributed by atoms with Gasteiger partial charge in [-0.3, -0.25) is 4.72 Å². The summed E-state index contributed by atoms with van der Waals surface area (Å²) in [6.45, 7) is 0.646. The minimum atomic E-state index is -3.39. The highest BCUT2D eigenvalue weighted by molar-refractivity contribution is 7.92. The molecule has 5 heteroatoms. The fourth-order valence-corrected chi connectivity index (χ4v) is 3.24. The van der Waals surface area contributed by atoms with E-state index in [-0.39, 0.29) is 11.9 Å². The molecule has 0 saturated carbocycles. The minimum Gasteiger partial charge on any atom is -0.377 e. The van der Waals surface area contributed by atoms with Gasteiger partial charge >= 0.3 is 0 Å². The Bertz CT molecular complexity index is 554. The molecule has 1 aliphatic heterocycles. The number of hydrogen-bond donors (Lipinski definition) is 1. The lowest BCUT2D eigenvalue weighted by molar-refractivity contribution is 0.127. The van der Waals surface area contributed by atoms with E-state index in [1.807, 2.05) is 0 Å². The summed E-state index contributed by atoms with van der Waals surface area (Å²) in [7, 11) is -3.39. The molecule has 1 heterocycles. The van der Waals surface area contributed by atoms with E-state index in [1.165, 1.54) is 0 Å². The molecule has 0 radical (unpaired) electrons. The molecule has 1 aromatic rings. The van der Waals surface area contributed by atoms with Gasteiger partial charge in [0.25, 0.3) is 0 Å². The van der Waals surface area contributed by atoms with Crippen LogP contribution in [0.1, 0.15) is 18.4 Å². The average Bonchev–Trinajstić information content (AvgIpc) is 2.80. The van der Waals surface area contributed by atoms with Crippen LogP contribution in [0.5, 0.6) is 0 Å². The fraction of sp³-hybridized carbons (Fsp3) is 0.385. The van der Waals surface area contributed by atoms with E-state index in [4.69, 9.17) is 11.2 Å². The predicted molar refractivity (Wildman–Crippen MR) is 70.8 cm³/mol. The van der Waals surface area contributed by atoms with Crippen LogP contribution in [0.4, 0.5) is 5.69 Å². The first-order valence-electron chi connectivity index (χ1n) is 5.78. The topological polar surface area (TPSA) is 55.4 Å². The van der Waals surface area contributed by atoms with Gasteiger partial charge in [0.05, 0.1) is 11.9 Å². The average molecular weight is 265 g/mol. The Morgan fingerprint density at radius 1 is 1.50 bits per heavy atom. The van der Waals surface area contributed by atoms with Gasteiger partial charge in [0.15, 0.2) is 0 Å². The van der Waals surface area contributed by atoms with Crippen LogP contribution in [-0.4, -0.2) is 26.9 Å². The first kappa shape index (κ1) is 12.9. The number of ether oxygens (including phenoxy) is 1. The Kier molecular flexibility index (Phi) is 3.90. The molecular formula is C13H15NO3S. The van der Waals surface area contributed by atoms with E-state index in [9.17, 15) is 8.42 Å². The maximum Gasteiger partial charge on any atom is 0.235 e. The Morgan fingerprint density at radius 3 is 3.00 bits per heavy atom. The highest BCUT2D eigenvalue weighted by Crippen LogP contribution is 2.16. The summed E-state index contributed by atoms with van der Waals surface area (Å²) in [4.78, 5) is 0. The minimum absolute atomic E-state index is 0.00667. The van der Waals surface area contributed by atoms with Gasteiger partial charge in [-0.1, -0.05) is 12.0 Å². The fourth-order valence-electron chi connectivity index (χ4n) is 1.91. The Morgan fingerprint density at radius 2 is 2.33 bits per heavy atom. The molecule has 96 valence electrons. The van der Waals surface area contributed by atoms with Gasteiger partial charge in [-0.05, 0) is 31.0 Å². The van der Waals surface area contributed by atoms with Crippen molar-refractivity contribution in [2.75, 3.05) is 17.1 Å². The van der Waals surface area contributed by atoms with Crippen molar-refractivity contribution in [3.63, 3.8) is 0 Å². The Hall–Kier alpha value is -1.51. The molecule has 0 bridgehead atoms. The third-order valence-corrected chi connectivity index (χ3v) is 4.09. The predicted octanol–water partition coefficient (Wildman–Crippen LogP) is 1.59. The summed E-state index contributed by atoms with van der Waals surface area (Å²) in [6.07, 6.45) is 6.79. The van der Waals surface area contributed by atoms with Crippen LogP contribution in [0.2, 0.25) is 0 Å². The van der Waals surface area contributed by atoms with Crippen LogP contribution >= 0.6 is 0 Å². The van der Waals surface area contributed by atoms with Crippen LogP contribution in [0, 0.1) is 12.3 Å². The molecule has 4 nitrogen and oxygen atoms in total.